The molecule has 0 heterocycles. The van der Waals surface area contributed by atoms with Gasteiger partial charge in [0.1, 0.15) is 13.2 Å². The zero-order valence-electron chi connectivity index (χ0n) is 47.5. The van der Waals surface area contributed by atoms with Gasteiger partial charge in [-0.15, -0.1) is 0 Å². The largest absolute Gasteiger partial charge is 0.462 e. The van der Waals surface area contributed by atoms with Crippen molar-refractivity contribution in [1.82, 2.24) is 0 Å². The molecule has 0 aliphatic carbocycles. The first-order valence-electron chi connectivity index (χ1n) is 31.1. The van der Waals surface area contributed by atoms with Crippen LogP contribution in [0.1, 0.15) is 329 Å². The lowest BCUT2D eigenvalue weighted by Crippen LogP contribution is -2.30. The molecule has 6 heteroatoms. The molecule has 0 aromatic heterocycles. The lowest BCUT2D eigenvalue weighted by atomic mass is 10.0. The molecule has 0 bridgehead atoms. The summed E-state index contributed by atoms with van der Waals surface area (Å²) in [7, 11) is 0. The van der Waals surface area contributed by atoms with E-state index in [4.69, 9.17) is 14.2 Å². The predicted molar refractivity (Wildman–Crippen MR) is 307 cm³/mol. The summed E-state index contributed by atoms with van der Waals surface area (Å²) in [4.78, 5) is 38.0. The van der Waals surface area contributed by atoms with Gasteiger partial charge in [0, 0.05) is 19.3 Å². The number of carbonyl (C=O) groups is 3. The Labute approximate surface area is 441 Å². The third-order valence-corrected chi connectivity index (χ3v) is 13.8. The van der Waals surface area contributed by atoms with Crippen molar-refractivity contribution in [3.63, 3.8) is 0 Å². The normalized spacial score (nSPS) is 12.3. The second kappa shape index (κ2) is 59.9. The Morgan fingerprint density at radius 1 is 0.296 bits per heavy atom. The van der Waals surface area contributed by atoms with Crippen molar-refractivity contribution >= 4 is 17.9 Å². The summed E-state index contributed by atoms with van der Waals surface area (Å²) in [6, 6.07) is 0. The molecular weight excluding hydrogens is 877 g/mol. The molecule has 0 aromatic rings. The molecule has 0 fully saturated rings. The summed E-state index contributed by atoms with van der Waals surface area (Å²) >= 11 is 0. The van der Waals surface area contributed by atoms with Gasteiger partial charge in [-0.25, -0.2) is 0 Å². The topological polar surface area (TPSA) is 78.9 Å². The fourth-order valence-corrected chi connectivity index (χ4v) is 9.20. The van der Waals surface area contributed by atoms with E-state index < -0.39 is 6.10 Å². The van der Waals surface area contributed by atoms with Gasteiger partial charge in [-0.1, -0.05) is 301 Å². The smallest absolute Gasteiger partial charge is 0.306 e. The second-order valence-electron chi connectivity index (χ2n) is 21.0. The second-order valence-corrected chi connectivity index (χ2v) is 21.0. The first-order chi connectivity index (χ1) is 35.0. The van der Waals surface area contributed by atoms with E-state index in [2.05, 4.69) is 69.4 Å². The van der Waals surface area contributed by atoms with Crippen molar-refractivity contribution in [1.29, 1.82) is 0 Å². The van der Waals surface area contributed by atoms with E-state index in [0.717, 1.165) is 83.5 Å². The van der Waals surface area contributed by atoms with Gasteiger partial charge in [-0.3, -0.25) is 14.4 Å². The average molecular weight is 996 g/mol. The Kier molecular flexibility index (Phi) is 57.7. The minimum absolute atomic E-state index is 0.0697. The van der Waals surface area contributed by atoms with E-state index in [1.807, 2.05) is 0 Å². The van der Waals surface area contributed by atoms with Crippen LogP contribution in [0.2, 0.25) is 0 Å². The third kappa shape index (κ3) is 58.1. The van der Waals surface area contributed by atoms with Crippen LogP contribution in [0.15, 0.2) is 48.6 Å². The Morgan fingerprint density at radius 2 is 0.549 bits per heavy atom. The van der Waals surface area contributed by atoms with Gasteiger partial charge in [-0.05, 0) is 57.8 Å². The third-order valence-electron chi connectivity index (χ3n) is 13.8. The maximum atomic E-state index is 12.8. The molecule has 0 radical (unpaired) electrons. The molecule has 0 N–H and O–H groups in total. The van der Waals surface area contributed by atoms with Crippen LogP contribution in [0.25, 0.3) is 0 Å². The zero-order valence-corrected chi connectivity index (χ0v) is 47.5. The highest BCUT2D eigenvalue weighted by Crippen LogP contribution is 2.18. The molecular formula is C65H118O6. The molecule has 71 heavy (non-hydrogen) atoms. The highest BCUT2D eigenvalue weighted by atomic mass is 16.6. The number of carbonyl (C=O) groups excluding carboxylic acids is 3. The number of esters is 3. The summed E-state index contributed by atoms with van der Waals surface area (Å²) < 4.78 is 16.8. The van der Waals surface area contributed by atoms with Crippen LogP contribution in [0.4, 0.5) is 0 Å². The van der Waals surface area contributed by atoms with Gasteiger partial charge in [0.15, 0.2) is 6.10 Å². The van der Waals surface area contributed by atoms with Crippen molar-refractivity contribution in [2.45, 2.75) is 335 Å². The van der Waals surface area contributed by atoms with Crippen LogP contribution < -0.4 is 0 Å². The molecule has 0 saturated heterocycles. The fourth-order valence-electron chi connectivity index (χ4n) is 9.20. The summed E-state index contributed by atoms with van der Waals surface area (Å²) in [5.41, 5.74) is 0. The SMILES string of the molecule is CC/C=C\C/C=C\C/C=C\C/C=C\CCCCCCCCCCCCCCC(=O)OCC(COC(=O)CCCCCCCC)OC(=O)CCCCCCCCCCCCCCCCCCCCCCCC. The van der Waals surface area contributed by atoms with Crippen molar-refractivity contribution in [3.8, 4) is 0 Å². The number of unbranched alkanes of at least 4 members (excludes halogenated alkanes) is 38. The number of rotatable bonds is 57. The summed E-state index contributed by atoms with van der Waals surface area (Å²) in [5, 5.41) is 0. The van der Waals surface area contributed by atoms with Crippen LogP contribution in [-0.2, 0) is 28.6 Å². The van der Waals surface area contributed by atoms with Crippen molar-refractivity contribution in [2.24, 2.45) is 0 Å². The first-order valence-corrected chi connectivity index (χ1v) is 31.1. The molecule has 0 amide bonds. The quantitative estimate of drug-likeness (QED) is 0.0261. The predicted octanol–water partition coefficient (Wildman–Crippen LogP) is 21.0. The molecule has 6 nitrogen and oxygen atoms in total. The van der Waals surface area contributed by atoms with Gasteiger partial charge in [-0.2, -0.15) is 0 Å². The lowest BCUT2D eigenvalue weighted by molar-refractivity contribution is -0.167. The van der Waals surface area contributed by atoms with E-state index in [-0.39, 0.29) is 31.1 Å². The molecule has 414 valence electrons. The monoisotopic (exact) mass is 995 g/mol. The molecule has 0 rings (SSSR count). The van der Waals surface area contributed by atoms with E-state index in [1.165, 1.54) is 205 Å². The minimum Gasteiger partial charge on any atom is -0.462 e. The molecule has 1 atom stereocenters. The highest BCUT2D eigenvalue weighted by molar-refractivity contribution is 5.71. The maximum absolute atomic E-state index is 12.8. The van der Waals surface area contributed by atoms with Crippen molar-refractivity contribution in [2.75, 3.05) is 13.2 Å². The van der Waals surface area contributed by atoms with E-state index in [0.29, 0.717) is 19.3 Å². The summed E-state index contributed by atoms with van der Waals surface area (Å²) in [6.07, 6.45) is 74.4. The van der Waals surface area contributed by atoms with Crippen LogP contribution in [-0.4, -0.2) is 37.2 Å². The van der Waals surface area contributed by atoms with Gasteiger partial charge >= 0.3 is 17.9 Å². The highest BCUT2D eigenvalue weighted by Gasteiger charge is 2.19. The first kappa shape index (κ1) is 68.4. The van der Waals surface area contributed by atoms with Crippen LogP contribution >= 0.6 is 0 Å². The number of ether oxygens (including phenoxy) is 3. The molecule has 0 aromatic carbocycles. The molecule has 0 spiro atoms. The minimum atomic E-state index is -0.768. The maximum Gasteiger partial charge on any atom is 0.306 e. The molecule has 0 saturated carbocycles. The molecule has 1 unspecified atom stereocenters. The van der Waals surface area contributed by atoms with Crippen LogP contribution in [0, 0.1) is 0 Å². The Hall–Kier alpha value is -2.63. The van der Waals surface area contributed by atoms with Gasteiger partial charge in [0.05, 0.1) is 0 Å². The van der Waals surface area contributed by atoms with Crippen LogP contribution in [0.5, 0.6) is 0 Å². The van der Waals surface area contributed by atoms with Gasteiger partial charge in [0.2, 0.25) is 0 Å². The van der Waals surface area contributed by atoms with E-state index >= 15 is 0 Å². The summed E-state index contributed by atoms with van der Waals surface area (Å²) in [5.74, 6) is -0.862. The Bertz CT molecular complexity index is 1230. The fraction of sp³-hybridized carbons (Fsp3) is 0.831. The molecule has 0 aliphatic heterocycles. The van der Waals surface area contributed by atoms with Crippen molar-refractivity contribution in [3.05, 3.63) is 48.6 Å². The van der Waals surface area contributed by atoms with Crippen LogP contribution in [0.3, 0.4) is 0 Å². The number of allylic oxidation sites excluding steroid dienone is 8. The average Bonchev–Trinajstić information content (AvgIpc) is 3.37. The lowest BCUT2D eigenvalue weighted by Gasteiger charge is -2.18. The zero-order chi connectivity index (χ0) is 51.4. The van der Waals surface area contributed by atoms with E-state index in [1.54, 1.807) is 0 Å². The number of hydrogen-bond acceptors (Lipinski definition) is 6. The van der Waals surface area contributed by atoms with Crippen molar-refractivity contribution < 1.29 is 28.6 Å². The van der Waals surface area contributed by atoms with Gasteiger partial charge in [0.25, 0.3) is 0 Å². The number of hydrogen-bond donors (Lipinski definition) is 0. The van der Waals surface area contributed by atoms with Gasteiger partial charge < -0.3 is 14.2 Å². The summed E-state index contributed by atoms with van der Waals surface area (Å²) in [6.45, 7) is 6.52. The standard InChI is InChI=1S/C65H118O6/c1-4-7-10-13-16-18-20-22-24-26-28-30-32-33-34-36-37-39-41-43-45-47-49-52-55-58-64(67)70-61-62(60-69-63(66)57-54-51-15-12-9-6-3)71-65(68)59-56-53-50-48-46-44-42-40-38-35-31-29-27-25-23-21-19-17-14-11-8-5-2/h7,10,16,18,22,24,28,30,62H,4-6,8-9,11-15,17,19-21,23,25-27,29,31-61H2,1-3H3/b10-7-,18-16-,24-22-,30-28-. The Morgan fingerprint density at radius 3 is 0.859 bits per heavy atom. The molecule has 0 aliphatic rings. The van der Waals surface area contributed by atoms with E-state index in [9.17, 15) is 14.4 Å². The Balaban J connectivity index is 4.06.